The smallest absolute Gasteiger partial charge is 0.343 e. The number of ketones is 1. The average Bonchev–Trinajstić information content (AvgIpc) is 1.21. The van der Waals surface area contributed by atoms with Gasteiger partial charge in [-0.3, -0.25) is 4.79 Å². The molecule has 8 bridgehead atoms. The second kappa shape index (κ2) is 29.1. The highest BCUT2D eigenvalue weighted by Gasteiger charge is 2.52. The highest BCUT2D eigenvalue weighted by atomic mass is 32.2. The monoisotopic (exact) mass is 1270 g/mol. The molecule has 9 heteroatoms. The zero-order chi connectivity index (χ0) is 62.6. The van der Waals surface area contributed by atoms with E-state index in [1.54, 1.807) is 21.9 Å². The first-order chi connectivity index (χ1) is 42.7. The molecule has 14 rings (SSSR count). The molecular formula is C80H106O5S4+4. The van der Waals surface area contributed by atoms with Crippen molar-refractivity contribution in [2.45, 2.75) is 287 Å². The van der Waals surface area contributed by atoms with Gasteiger partial charge in [0.15, 0.2) is 19.6 Å². The highest BCUT2D eigenvalue weighted by molar-refractivity contribution is 7.99. The van der Waals surface area contributed by atoms with E-state index in [1.807, 2.05) is 37.4 Å². The van der Waals surface area contributed by atoms with Gasteiger partial charge >= 0.3 is 5.97 Å². The molecule has 476 valence electrons. The number of fused-ring (bicyclic) bond motifs is 9. The number of hydrogen-bond acceptors (Lipinski definition) is 5. The number of carbonyl (C=O) groups excluding carboxylic acids is 2. The van der Waals surface area contributed by atoms with Crippen LogP contribution in [0.15, 0.2) is 159 Å². The first-order valence-electron chi connectivity index (χ1n) is 34.4. The molecule has 8 aliphatic rings. The summed E-state index contributed by atoms with van der Waals surface area (Å²) < 4.78 is 11.5. The van der Waals surface area contributed by atoms with Crippen molar-refractivity contribution in [3.8, 4) is 5.75 Å². The lowest BCUT2D eigenvalue weighted by atomic mass is 9.87. The van der Waals surface area contributed by atoms with E-state index in [0.717, 1.165) is 62.6 Å². The zero-order valence-corrected chi connectivity index (χ0v) is 58.9. The molecule has 6 atom stereocenters. The van der Waals surface area contributed by atoms with E-state index in [-0.39, 0.29) is 28.3 Å². The lowest BCUT2D eigenvalue weighted by Crippen LogP contribution is -2.46. The van der Waals surface area contributed by atoms with Crippen LogP contribution in [0, 0.1) is 0 Å². The van der Waals surface area contributed by atoms with Gasteiger partial charge in [0.05, 0.1) is 30.6 Å². The number of Topliss-reactive ketones (excluding diaryl/α,β-unsaturated/α-hetero) is 1. The van der Waals surface area contributed by atoms with Crippen LogP contribution in [0.2, 0.25) is 0 Å². The Morgan fingerprint density at radius 3 is 1.18 bits per heavy atom. The van der Waals surface area contributed by atoms with E-state index < -0.39 is 0 Å². The van der Waals surface area contributed by atoms with Gasteiger partial charge in [0.1, 0.15) is 53.5 Å². The summed E-state index contributed by atoms with van der Waals surface area (Å²) in [5, 5.41) is 18.5. The summed E-state index contributed by atoms with van der Waals surface area (Å²) in [5.74, 6) is 0.879. The Kier molecular flexibility index (Phi) is 21.8. The third kappa shape index (κ3) is 16.0. The van der Waals surface area contributed by atoms with Crippen LogP contribution in [0.4, 0.5) is 0 Å². The van der Waals surface area contributed by atoms with Crippen LogP contribution in [-0.2, 0) is 69.4 Å². The van der Waals surface area contributed by atoms with Crippen LogP contribution >= 0.6 is 0 Å². The third-order valence-electron chi connectivity index (χ3n) is 20.8. The highest BCUT2D eigenvalue weighted by Crippen LogP contribution is 2.48. The van der Waals surface area contributed by atoms with Gasteiger partial charge in [0, 0.05) is 87.1 Å². The standard InChI is InChI=1S/C25H25O2S.C19H29OS.C18H27OS.C18H25OS/c26-25(18-8-2-1-3-9-18)27-23-16-17-24(22-15-5-4-14-21(22)23)28-19-10-6-11-20(28)13-7-12-19;1-19(2,3)14-8-10-16(11-9-14)21-17-6-5-7-18(21)13-15(12-17)20-4;2*1-18(2,3)13-7-9-15(10-8-13)20-16-5-4-6-17(20)12-14(19)11-16/h1-5,8-9,14-17,19-20H,6-7,10-13H2;8-11,15,17-18H,5-7,12-13H2,1-4H3;7-10,14,16-17,19H,4-6,11-12H2,1-3H3;7-10,16-17H,4-6,11-12H2,1-3H3/q4*+1. The molecular weight excluding hydrogens is 1170 g/mol. The largest absolute Gasteiger partial charge is 0.422 e. The molecule has 6 unspecified atom stereocenters. The van der Waals surface area contributed by atoms with Gasteiger partial charge < -0.3 is 14.6 Å². The first kappa shape index (κ1) is 66.5. The molecule has 8 heterocycles. The second-order valence-corrected chi connectivity index (χ2v) is 40.4. The van der Waals surface area contributed by atoms with Gasteiger partial charge in [-0.25, -0.2) is 4.79 Å². The van der Waals surface area contributed by atoms with Crippen molar-refractivity contribution in [1.82, 2.24) is 0 Å². The summed E-state index contributed by atoms with van der Waals surface area (Å²) >= 11 is 0. The Hall–Kier alpha value is -3.96. The molecule has 8 fully saturated rings. The molecule has 8 saturated heterocycles. The van der Waals surface area contributed by atoms with Gasteiger partial charge in [0.25, 0.3) is 0 Å². The maximum atomic E-state index is 12.6. The summed E-state index contributed by atoms with van der Waals surface area (Å²) in [6.07, 6.45) is 27.1. The van der Waals surface area contributed by atoms with E-state index in [4.69, 9.17) is 9.47 Å². The van der Waals surface area contributed by atoms with Crippen LogP contribution < -0.4 is 4.74 Å². The Balaban J connectivity index is 0.000000124. The van der Waals surface area contributed by atoms with Crippen molar-refractivity contribution in [2.24, 2.45) is 0 Å². The summed E-state index contributed by atoms with van der Waals surface area (Å²) in [4.78, 5) is 30.6. The summed E-state index contributed by atoms with van der Waals surface area (Å²) in [6.45, 7) is 20.5. The topological polar surface area (TPSA) is 72.8 Å². The zero-order valence-electron chi connectivity index (χ0n) is 55.6. The number of methoxy groups -OCH3 is 1. The van der Waals surface area contributed by atoms with E-state index in [9.17, 15) is 14.7 Å². The minimum Gasteiger partial charge on any atom is -0.422 e. The maximum Gasteiger partial charge on any atom is 0.343 e. The Bertz CT molecular complexity index is 3220. The summed E-state index contributed by atoms with van der Waals surface area (Å²) in [6, 6.07) is 50.2. The fourth-order valence-electron chi connectivity index (χ4n) is 16.1. The van der Waals surface area contributed by atoms with Crippen molar-refractivity contribution in [3.05, 3.63) is 162 Å². The maximum absolute atomic E-state index is 12.6. The fraction of sp³-hybridized carbons (Fsp3) is 0.550. The molecule has 5 nitrogen and oxygen atoms in total. The molecule has 8 aliphatic heterocycles. The van der Waals surface area contributed by atoms with E-state index >= 15 is 0 Å². The molecule has 1 N–H and O–H groups in total. The van der Waals surface area contributed by atoms with E-state index in [0.29, 0.717) is 77.3 Å². The van der Waals surface area contributed by atoms with Crippen molar-refractivity contribution < 1.29 is 24.2 Å². The molecule has 0 radical (unpaired) electrons. The SMILES string of the molecule is CC(C)(C)c1ccc([S+]2C3CCCC2CC(=O)C3)cc1.CC(C)(C)c1ccc([S+]2C3CCCC2CC(O)C3)cc1.COC1CC2CCCC(C1)[S+]2c1ccc(C(C)(C)C)cc1.O=C(Oc1ccc([S+]2C3CCCC2CCC3)c2ccccc12)c1ccccc1. The number of aliphatic hydroxyl groups is 1. The van der Waals surface area contributed by atoms with E-state index in [2.05, 4.69) is 159 Å². The number of esters is 1. The van der Waals surface area contributed by atoms with Crippen molar-refractivity contribution in [2.75, 3.05) is 7.11 Å². The Labute approximate surface area is 548 Å². The minimum atomic E-state index is -0.296. The molecule has 89 heavy (non-hydrogen) atoms. The average molecular weight is 1280 g/mol. The molecule has 6 aromatic rings. The molecule has 0 saturated carbocycles. The number of hydrogen-bond donors (Lipinski definition) is 1. The fourth-order valence-corrected chi connectivity index (χ4v) is 29.9. The van der Waals surface area contributed by atoms with Crippen LogP contribution in [0.1, 0.15) is 224 Å². The molecule has 0 amide bonds. The van der Waals surface area contributed by atoms with Crippen molar-refractivity contribution in [1.29, 1.82) is 0 Å². The number of aliphatic hydroxyl groups excluding tert-OH is 1. The number of ether oxygens (including phenoxy) is 2. The molecule has 0 aromatic heterocycles. The number of benzene rings is 6. The molecule has 6 aromatic carbocycles. The van der Waals surface area contributed by atoms with E-state index in [1.165, 1.54) is 141 Å². The van der Waals surface area contributed by atoms with Gasteiger partial charge in [-0.05, 0) is 196 Å². The summed E-state index contributed by atoms with van der Waals surface area (Å²) in [5.41, 5.74) is 5.58. The van der Waals surface area contributed by atoms with Gasteiger partial charge in [-0.15, -0.1) is 0 Å². The quantitative estimate of drug-likeness (QED) is 0.0980. The predicted molar refractivity (Wildman–Crippen MR) is 382 cm³/mol. The third-order valence-corrected chi connectivity index (χ3v) is 33.3. The molecule has 0 aliphatic carbocycles. The number of carbonyl (C=O) groups is 2. The van der Waals surface area contributed by atoms with Crippen LogP contribution in [0.3, 0.4) is 0 Å². The Morgan fingerprint density at radius 2 is 0.775 bits per heavy atom. The van der Waals surface area contributed by atoms with Crippen LogP contribution in [-0.4, -0.2) is 78.2 Å². The lowest BCUT2D eigenvalue weighted by Gasteiger charge is -2.38. The lowest BCUT2D eigenvalue weighted by molar-refractivity contribution is -0.119. The minimum absolute atomic E-state index is 0.0390. The molecule has 0 spiro atoms. The van der Waals surface area contributed by atoms with Crippen molar-refractivity contribution in [3.63, 3.8) is 0 Å². The normalized spacial score (nSPS) is 29.8. The van der Waals surface area contributed by atoms with Gasteiger partial charge in [-0.2, -0.15) is 0 Å². The van der Waals surface area contributed by atoms with Gasteiger partial charge in [-0.1, -0.05) is 135 Å². The predicted octanol–water partition coefficient (Wildman–Crippen LogP) is 19.1. The van der Waals surface area contributed by atoms with Crippen LogP contribution in [0.5, 0.6) is 5.75 Å². The second-order valence-electron chi connectivity index (χ2n) is 30.2. The van der Waals surface area contributed by atoms with Crippen LogP contribution in [0.25, 0.3) is 10.8 Å². The summed E-state index contributed by atoms with van der Waals surface area (Å²) in [7, 11) is 3.37. The Morgan fingerprint density at radius 1 is 0.416 bits per heavy atom. The van der Waals surface area contributed by atoms with Gasteiger partial charge in [0.2, 0.25) is 0 Å². The number of rotatable bonds is 7. The first-order valence-corrected chi connectivity index (χ1v) is 39.8. The van der Waals surface area contributed by atoms with Crippen molar-refractivity contribution >= 4 is 66.1 Å².